The van der Waals surface area contributed by atoms with Gasteiger partial charge in [0, 0.05) is 35.7 Å². The van der Waals surface area contributed by atoms with E-state index < -0.39 is 5.97 Å². The standard InChI is InChI=1S/C22H24ClNO5/c23-15-11-17-20(29-19-6-2-1-4-14(19)10-21(25)26)7-9-28-22(17)18(12-15)24-13-16-5-3-8-27-16/h1-2,4,6,11-12,16,20,24H,3,5,7-10,13H2,(H,25,26). The van der Waals surface area contributed by atoms with Crippen molar-refractivity contribution in [1.29, 1.82) is 0 Å². The van der Waals surface area contributed by atoms with Gasteiger partial charge in [-0.25, -0.2) is 0 Å². The third-order valence-electron chi connectivity index (χ3n) is 5.18. The second kappa shape index (κ2) is 8.93. The Balaban J connectivity index is 1.57. The summed E-state index contributed by atoms with van der Waals surface area (Å²) >= 11 is 6.39. The van der Waals surface area contributed by atoms with E-state index in [4.69, 9.17) is 30.9 Å². The molecule has 2 aromatic rings. The summed E-state index contributed by atoms with van der Waals surface area (Å²) in [7, 11) is 0. The van der Waals surface area contributed by atoms with Crippen molar-refractivity contribution in [3.8, 4) is 11.5 Å². The molecule has 0 aliphatic carbocycles. The lowest BCUT2D eigenvalue weighted by atomic mass is 10.0. The number of para-hydroxylation sites is 1. The molecule has 6 nitrogen and oxygen atoms in total. The number of halogens is 1. The lowest BCUT2D eigenvalue weighted by molar-refractivity contribution is -0.136. The van der Waals surface area contributed by atoms with Crippen LogP contribution in [-0.2, 0) is 16.0 Å². The Morgan fingerprint density at radius 3 is 2.90 bits per heavy atom. The van der Waals surface area contributed by atoms with E-state index in [-0.39, 0.29) is 18.6 Å². The molecule has 2 atom stereocenters. The monoisotopic (exact) mass is 417 g/mol. The third kappa shape index (κ3) is 4.77. The predicted molar refractivity (Wildman–Crippen MR) is 110 cm³/mol. The fraction of sp³-hybridized carbons (Fsp3) is 0.409. The van der Waals surface area contributed by atoms with Gasteiger partial charge in [-0.2, -0.15) is 0 Å². The number of anilines is 1. The van der Waals surface area contributed by atoms with Crippen LogP contribution in [0.1, 0.15) is 36.5 Å². The van der Waals surface area contributed by atoms with Gasteiger partial charge in [0.25, 0.3) is 0 Å². The molecular formula is C22H24ClNO5. The zero-order valence-electron chi connectivity index (χ0n) is 16.0. The molecule has 2 N–H and O–H groups in total. The van der Waals surface area contributed by atoms with E-state index in [1.807, 2.05) is 24.3 Å². The summed E-state index contributed by atoms with van der Waals surface area (Å²) in [6, 6.07) is 10.9. The van der Waals surface area contributed by atoms with Crippen molar-refractivity contribution in [2.75, 3.05) is 25.1 Å². The van der Waals surface area contributed by atoms with E-state index in [0.717, 1.165) is 36.4 Å². The first-order chi connectivity index (χ1) is 14.1. The Morgan fingerprint density at radius 1 is 1.24 bits per heavy atom. The van der Waals surface area contributed by atoms with E-state index in [9.17, 15) is 4.79 Å². The lowest BCUT2D eigenvalue weighted by Gasteiger charge is -2.29. The van der Waals surface area contributed by atoms with Crippen LogP contribution in [0.15, 0.2) is 36.4 Å². The van der Waals surface area contributed by atoms with Crippen molar-refractivity contribution < 1.29 is 24.1 Å². The number of nitrogens with one attached hydrogen (secondary N) is 1. The Bertz CT molecular complexity index is 882. The van der Waals surface area contributed by atoms with Gasteiger partial charge < -0.3 is 24.6 Å². The Morgan fingerprint density at radius 2 is 2.10 bits per heavy atom. The van der Waals surface area contributed by atoms with E-state index >= 15 is 0 Å². The molecule has 2 aliphatic heterocycles. The number of hydrogen-bond acceptors (Lipinski definition) is 5. The summed E-state index contributed by atoms with van der Waals surface area (Å²) in [6.07, 6.45) is 2.62. The second-order valence-corrected chi connectivity index (χ2v) is 7.75. The fourth-order valence-corrected chi connectivity index (χ4v) is 4.03. The van der Waals surface area contributed by atoms with Crippen molar-refractivity contribution >= 4 is 23.3 Å². The van der Waals surface area contributed by atoms with E-state index in [1.165, 1.54) is 0 Å². The molecule has 0 amide bonds. The normalized spacial score (nSPS) is 20.6. The van der Waals surface area contributed by atoms with Gasteiger partial charge in [0.2, 0.25) is 0 Å². The molecule has 29 heavy (non-hydrogen) atoms. The molecule has 0 aromatic heterocycles. The van der Waals surface area contributed by atoms with Crippen LogP contribution in [0.25, 0.3) is 0 Å². The van der Waals surface area contributed by atoms with Crippen molar-refractivity contribution in [2.45, 2.75) is 37.9 Å². The SMILES string of the molecule is O=C(O)Cc1ccccc1OC1CCOc2c(NCC3CCCO3)cc(Cl)cc21. The summed E-state index contributed by atoms with van der Waals surface area (Å²) in [5.74, 6) is 0.415. The molecule has 2 heterocycles. The smallest absolute Gasteiger partial charge is 0.307 e. The van der Waals surface area contributed by atoms with Crippen molar-refractivity contribution in [1.82, 2.24) is 0 Å². The Labute approximate surface area is 174 Å². The molecule has 154 valence electrons. The summed E-state index contributed by atoms with van der Waals surface area (Å²) in [5.41, 5.74) is 2.34. The molecule has 1 fully saturated rings. The maximum Gasteiger partial charge on any atom is 0.307 e. The number of ether oxygens (including phenoxy) is 3. The van der Waals surface area contributed by atoms with Crippen molar-refractivity contribution in [3.05, 3.63) is 52.5 Å². The number of carboxylic acid groups (broad SMARTS) is 1. The number of carboxylic acids is 1. The number of fused-ring (bicyclic) bond motifs is 1. The van der Waals surface area contributed by atoms with Crippen LogP contribution in [0, 0.1) is 0 Å². The topological polar surface area (TPSA) is 77.0 Å². The highest BCUT2D eigenvalue weighted by Crippen LogP contribution is 2.42. The number of hydrogen-bond donors (Lipinski definition) is 2. The summed E-state index contributed by atoms with van der Waals surface area (Å²) in [4.78, 5) is 11.2. The molecule has 0 radical (unpaired) electrons. The van der Waals surface area contributed by atoms with Gasteiger partial charge in [-0.3, -0.25) is 4.79 Å². The molecule has 0 saturated carbocycles. The summed E-state index contributed by atoms with van der Waals surface area (Å²) in [5, 5.41) is 13.2. The molecule has 1 saturated heterocycles. The number of aliphatic carboxylic acids is 1. The molecule has 7 heteroatoms. The maximum atomic E-state index is 11.2. The molecule has 2 unspecified atom stereocenters. The number of benzene rings is 2. The minimum Gasteiger partial charge on any atom is -0.491 e. The zero-order valence-corrected chi connectivity index (χ0v) is 16.8. The third-order valence-corrected chi connectivity index (χ3v) is 5.40. The van der Waals surface area contributed by atoms with Crippen LogP contribution in [0.3, 0.4) is 0 Å². The van der Waals surface area contributed by atoms with Crippen LogP contribution >= 0.6 is 11.6 Å². The van der Waals surface area contributed by atoms with Crippen LogP contribution in [0.4, 0.5) is 5.69 Å². The highest BCUT2D eigenvalue weighted by molar-refractivity contribution is 6.31. The lowest BCUT2D eigenvalue weighted by Crippen LogP contribution is -2.22. The molecule has 2 aromatic carbocycles. The van der Waals surface area contributed by atoms with Crippen LogP contribution < -0.4 is 14.8 Å². The second-order valence-electron chi connectivity index (χ2n) is 7.31. The van der Waals surface area contributed by atoms with Gasteiger partial charge in [0.1, 0.15) is 17.6 Å². The highest BCUT2D eigenvalue weighted by atomic mass is 35.5. The Hall–Kier alpha value is -2.44. The first-order valence-electron chi connectivity index (χ1n) is 9.88. The van der Waals surface area contributed by atoms with Gasteiger partial charge in [-0.05, 0) is 31.0 Å². The zero-order chi connectivity index (χ0) is 20.2. The van der Waals surface area contributed by atoms with Gasteiger partial charge in [0.15, 0.2) is 0 Å². The Kier molecular flexibility index (Phi) is 6.11. The minimum atomic E-state index is -0.892. The summed E-state index contributed by atoms with van der Waals surface area (Å²) in [6.45, 7) is 2.01. The molecule has 0 spiro atoms. The molecule has 0 bridgehead atoms. The van der Waals surface area contributed by atoms with Gasteiger partial charge in [0.05, 0.1) is 24.8 Å². The quantitative estimate of drug-likeness (QED) is 0.692. The first kappa shape index (κ1) is 19.9. The molecule has 2 aliphatic rings. The number of carbonyl (C=O) groups is 1. The largest absolute Gasteiger partial charge is 0.491 e. The van der Waals surface area contributed by atoms with E-state index in [2.05, 4.69) is 5.32 Å². The maximum absolute atomic E-state index is 11.2. The van der Waals surface area contributed by atoms with Crippen LogP contribution in [-0.4, -0.2) is 36.9 Å². The van der Waals surface area contributed by atoms with E-state index in [0.29, 0.717) is 35.9 Å². The number of rotatable bonds is 7. The molecular weight excluding hydrogens is 394 g/mol. The van der Waals surface area contributed by atoms with E-state index in [1.54, 1.807) is 12.1 Å². The average molecular weight is 418 g/mol. The van der Waals surface area contributed by atoms with Gasteiger partial charge >= 0.3 is 5.97 Å². The van der Waals surface area contributed by atoms with Crippen LogP contribution in [0.2, 0.25) is 5.02 Å². The minimum absolute atomic E-state index is 0.0873. The highest BCUT2D eigenvalue weighted by Gasteiger charge is 2.27. The van der Waals surface area contributed by atoms with Crippen molar-refractivity contribution in [3.63, 3.8) is 0 Å². The molecule has 4 rings (SSSR count). The van der Waals surface area contributed by atoms with Crippen LogP contribution in [0.5, 0.6) is 11.5 Å². The van der Waals surface area contributed by atoms with Crippen molar-refractivity contribution in [2.24, 2.45) is 0 Å². The average Bonchev–Trinajstić information content (AvgIpc) is 3.21. The predicted octanol–water partition coefficient (Wildman–Crippen LogP) is 4.46. The fourth-order valence-electron chi connectivity index (χ4n) is 3.80. The van der Waals surface area contributed by atoms with Gasteiger partial charge in [-0.15, -0.1) is 0 Å². The summed E-state index contributed by atoms with van der Waals surface area (Å²) < 4.78 is 17.9. The van der Waals surface area contributed by atoms with Gasteiger partial charge in [-0.1, -0.05) is 29.8 Å². The first-order valence-corrected chi connectivity index (χ1v) is 10.3.